The van der Waals surface area contributed by atoms with Gasteiger partial charge in [0.1, 0.15) is 17.9 Å². The molecule has 0 radical (unpaired) electrons. The number of hydrogen-bond acceptors (Lipinski definition) is 4. The molecule has 0 bridgehead atoms. The van der Waals surface area contributed by atoms with Gasteiger partial charge in [0.15, 0.2) is 0 Å². The minimum absolute atomic E-state index is 0.0750. The molecule has 0 spiro atoms. The number of halogens is 2. The van der Waals surface area contributed by atoms with Gasteiger partial charge in [-0.15, -0.1) is 0 Å². The molecule has 2 aromatic carbocycles. The predicted molar refractivity (Wildman–Crippen MR) is 113 cm³/mol. The fourth-order valence-electron chi connectivity index (χ4n) is 3.27. The minimum Gasteiger partial charge on any atom is -0.376 e. The number of aldehydes is 1. The molecule has 0 aromatic heterocycles. The van der Waals surface area contributed by atoms with Gasteiger partial charge in [-0.25, -0.2) is 8.78 Å². The van der Waals surface area contributed by atoms with Gasteiger partial charge in [-0.2, -0.15) is 0 Å². The van der Waals surface area contributed by atoms with Crippen molar-refractivity contribution in [3.05, 3.63) is 71.3 Å². The minimum atomic E-state index is -1.08. The zero-order valence-electron chi connectivity index (χ0n) is 18.0. The largest absolute Gasteiger partial charge is 0.376 e. The number of carbonyl (C=O) groups excluding carboxylic acids is 1. The van der Waals surface area contributed by atoms with Crippen molar-refractivity contribution in [2.75, 3.05) is 6.61 Å². The summed E-state index contributed by atoms with van der Waals surface area (Å²) in [5.41, 5.74) is 5.99. The molecule has 0 amide bonds. The van der Waals surface area contributed by atoms with Crippen LogP contribution in [0.3, 0.4) is 0 Å². The fraction of sp³-hybridized carbons (Fsp3) is 0.458. The number of benzene rings is 2. The average Bonchev–Trinajstić information content (AvgIpc) is 2.71. The van der Waals surface area contributed by atoms with Gasteiger partial charge in [0, 0.05) is 5.92 Å². The number of rotatable bonds is 11. The van der Waals surface area contributed by atoms with Gasteiger partial charge < -0.3 is 20.0 Å². The van der Waals surface area contributed by atoms with Crippen LogP contribution in [0.5, 0.6) is 0 Å². The number of nitrogens with two attached hydrogens (primary N) is 1. The summed E-state index contributed by atoms with van der Waals surface area (Å²) in [4.78, 5) is 11.1. The molecule has 0 aliphatic rings. The van der Waals surface area contributed by atoms with Crippen molar-refractivity contribution >= 4 is 6.29 Å². The Kier molecular flexibility index (Phi) is 8.24. The van der Waals surface area contributed by atoms with Crippen LogP contribution in [0.15, 0.2) is 48.5 Å². The molecule has 0 saturated carbocycles. The summed E-state index contributed by atoms with van der Waals surface area (Å²) in [5.74, 6) is -0.712. The van der Waals surface area contributed by atoms with Crippen LogP contribution >= 0.6 is 0 Å². The summed E-state index contributed by atoms with van der Waals surface area (Å²) >= 11 is 0. The van der Waals surface area contributed by atoms with Crippen molar-refractivity contribution in [1.29, 1.82) is 0 Å². The molecule has 4 nitrogen and oxygen atoms in total. The van der Waals surface area contributed by atoms with Crippen LogP contribution in [0.2, 0.25) is 0 Å². The zero-order valence-corrected chi connectivity index (χ0v) is 18.0. The molecular formula is C24H31F2NO3. The molecule has 3 atom stereocenters. The third kappa shape index (κ3) is 7.27. The zero-order chi connectivity index (χ0) is 22.4. The van der Waals surface area contributed by atoms with Crippen LogP contribution in [0, 0.1) is 17.6 Å². The van der Waals surface area contributed by atoms with Gasteiger partial charge in [0.25, 0.3) is 0 Å². The van der Waals surface area contributed by atoms with Gasteiger partial charge in [-0.05, 0) is 69.5 Å². The first kappa shape index (κ1) is 24.1. The molecular weight excluding hydrogens is 388 g/mol. The summed E-state index contributed by atoms with van der Waals surface area (Å²) in [5, 5.41) is 0. The van der Waals surface area contributed by atoms with Crippen molar-refractivity contribution in [2.24, 2.45) is 11.7 Å². The van der Waals surface area contributed by atoms with Crippen LogP contribution < -0.4 is 5.73 Å². The highest BCUT2D eigenvalue weighted by Crippen LogP contribution is 2.31. The Balaban J connectivity index is 2.17. The van der Waals surface area contributed by atoms with E-state index in [4.69, 9.17) is 15.2 Å². The second kappa shape index (κ2) is 10.2. The number of carbonyl (C=O) groups is 1. The number of ether oxygens (including phenoxy) is 2. The molecule has 0 fully saturated rings. The van der Waals surface area contributed by atoms with Gasteiger partial charge in [0.05, 0.1) is 30.5 Å². The van der Waals surface area contributed by atoms with Gasteiger partial charge in [-0.3, -0.25) is 0 Å². The summed E-state index contributed by atoms with van der Waals surface area (Å²) in [6.45, 7) is 7.84. The van der Waals surface area contributed by atoms with E-state index in [0.717, 1.165) is 11.1 Å². The second-order valence-electron chi connectivity index (χ2n) is 8.60. The van der Waals surface area contributed by atoms with Gasteiger partial charge in [0.2, 0.25) is 0 Å². The smallest absolute Gasteiger partial charge is 0.141 e. The quantitative estimate of drug-likeness (QED) is 0.547. The fourth-order valence-corrected chi connectivity index (χ4v) is 3.27. The van der Waals surface area contributed by atoms with Crippen molar-refractivity contribution in [3.63, 3.8) is 0 Å². The third-order valence-electron chi connectivity index (χ3n) is 5.28. The molecule has 2 rings (SSSR count). The summed E-state index contributed by atoms with van der Waals surface area (Å²) in [6.07, 6.45) is 0.964. The molecule has 0 aliphatic heterocycles. The lowest BCUT2D eigenvalue weighted by Gasteiger charge is -2.39. The molecule has 6 heteroatoms. The van der Waals surface area contributed by atoms with Crippen LogP contribution in [0.4, 0.5) is 8.78 Å². The summed E-state index contributed by atoms with van der Waals surface area (Å²) < 4.78 is 38.6. The highest BCUT2D eigenvalue weighted by atomic mass is 19.1. The van der Waals surface area contributed by atoms with E-state index in [1.165, 1.54) is 24.3 Å². The summed E-state index contributed by atoms with van der Waals surface area (Å²) in [6, 6.07) is 12.5. The normalized spacial score (nSPS) is 16.0. The number of hydrogen-bond donors (Lipinski definition) is 1. The van der Waals surface area contributed by atoms with E-state index < -0.39 is 11.1 Å². The summed E-state index contributed by atoms with van der Waals surface area (Å²) in [7, 11) is 0. The van der Waals surface area contributed by atoms with Crippen LogP contribution in [-0.2, 0) is 27.3 Å². The maximum absolute atomic E-state index is 13.3. The van der Waals surface area contributed by atoms with E-state index in [0.29, 0.717) is 19.3 Å². The van der Waals surface area contributed by atoms with Crippen molar-refractivity contribution < 1.29 is 23.0 Å². The van der Waals surface area contributed by atoms with Crippen molar-refractivity contribution in [2.45, 2.75) is 58.0 Å². The Morgan fingerprint density at radius 3 is 1.97 bits per heavy atom. The van der Waals surface area contributed by atoms with Crippen LogP contribution in [0.25, 0.3) is 0 Å². The van der Waals surface area contributed by atoms with E-state index >= 15 is 0 Å². The first-order valence-corrected chi connectivity index (χ1v) is 10.0. The molecule has 2 N–H and O–H groups in total. The Morgan fingerprint density at radius 2 is 1.47 bits per heavy atom. The van der Waals surface area contributed by atoms with Gasteiger partial charge in [-0.1, -0.05) is 24.3 Å². The first-order valence-electron chi connectivity index (χ1n) is 10.0. The SMILES string of the molecule is C[C@H](OC[C@](C)(N)C=O)[C@H](Cc1ccc(F)cc1)C(C)(C)OCc1ccc(F)cc1. The highest BCUT2D eigenvalue weighted by Gasteiger charge is 2.36. The van der Waals surface area contributed by atoms with Gasteiger partial charge >= 0.3 is 0 Å². The topological polar surface area (TPSA) is 61.5 Å². The second-order valence-corrected chi connectivity index (χ2v) is 8.60. The maximum Gasteiger partial charge on any atom is 0.141 e. The highest BCUT2D eigenvalue weighted by molar-refractivity contribution is 5.63. The molecule has 0 aliphatic carbocycles. The standard InChI is InChI=1S/C24H31F2NO3/c1-17(29-16-24(4,27)15-28)22(13-18-5-9-20(25)10-6-18)23(2,3)30-14-19-7-11-21(26)12-8-19/h5-12,15,17,22H,13-14,16,27H2,1-4H3/t17-,22-,24+/m0/s1. The Bertz CT molecular complexity index is 804. The maximum atomic E-state index is 13.3. The molecule has 0 unspecified atom stereocenters. The monoisotopic (exact) mass is 419 g/mol. The van der Waals surface area contributed by atoms with E-state index in [2.05, 4.69) is 0 Å². The Labute approximate surface area is 177 Å². The third-order valence-corrected chi connectivity index (χ3v) is 5.28. The van der Waals surface area contributed by atoms with E-state index in [1.54, 1.807) is 31.2 Å². The molecule has 164 valence electrons. The average molecular weight is 420 g/mol. The molecule has 0 saturated heterocycles. The molecule has 0 heterocycles. The van der Waals surface area contributed by atoms with E-state index in [9.17, 15) is 13.6 Å². The lowest BCUT2D eigenvalue weighted by atomic mass is 9.81. The molecule has 30 heavy (non-hydrogen) atoms. The van der Waals surface area contributed by atoms with Crippen molar-refractivity contribution in [1.82, 2.24) is 0 Å². The Hall–Kier alpha value is -2.15. The lowest BCUT2D eigenvalue weighted by Crippen LogP contribution is -2.47. The van der Waals surface area contributed by atoms with Crippen molar-refractivity contribution in [3.8, 4) is 0 Å². The first-order chi connectivity index (χ1) is 14.0. The predicted octanol–water partition coefficient (Wildman–Crippen LogP) is 4.44. The van der Waals surface area contributed by atoms with Crippen LogP contribution in [0.1, 0.15) is 38.8 Å². The lowest BCUT2D eigenvalue weighted by molar-refractivity contribution is -0.127. The van der Waals surface area contributed by atoms with E-state index in [1.807, 2.05) is 20.8 Å². The van der Waals surface area contributed by atoms with E-state index in [-0.39, 0.29) is 30.3 Å². The molecule has 2 aromatic rings. The van der Waals surface area contributed by atoms with Crippen LogP contribution in [-0.4, -0.2) is 30.1 Å². The Morgan fingerprint density at radius 1 is 0.967 bits per heavy atom.